The summed E-state index contributed by atoms with van der Waals surface area (Å²) in [7, 11) is 0. The molecule has 4 N–H and O–H groups in total. The van der Waals surface area contributed by atoms with Crippen molar-refractivity contribution >= 4 is 23.2 Å². The highest BCUT2D eigenvalue weighted by Crippen LogP contribution is 2.35. The second-order valence-electron chi connectivity index (χ2n) is 5.46. The molecular weight excluding hydrogens is 341 g/mol. The van der Waals surface area contributed by atoms with Crippen LogP contribution >= 0.6 is 0 Å². The quantitative estimate of drug-likeness (QED) is 0.594. The predicted molar refractivity (Wildman–Crippen MR) is 83.3 cm³/mol. The average Bonchev–Trinajstić information content (AvgIpc) is 2.45. The molecular formula is C16H17F3N2O4. The van der Waals surface area contributed by atoms with Crippen LogP contribution in [0, 0.1) is 6.92 Å². The number of rotatable bonds is 6. The lowest BCUT2D eigenvalue weighted by atomic mass is 9.92. The van der Waals surface area contributed by atoms with Crippen molar-refractivity contribution in [2.75, 3.05) is 0 Å². The van der Waals surface area contributed by atoms with Crippen molar-refractivity contribution in [3.8, 4) is 5.75 Å². The molecule has 1 atom stereocenters. The standard InChI is InChI=1S/C16H17F3N2O4/c1-7(2)10(12(22)14(20)23)11-8(3)5-4-6-9(11)25-13(15(21)24)16(17,18)19/h4-6,13H,1-3H3,(H2,20,23)(H2,21,24). The van der Waals surface area contributed by atoms with E-state index in [1.807, 2.05) is 0 Å². The first-order valence-electron chi connectivity index (χ1n) is 7.02. The molecule has 0 radical (unpaired) electrons. The third-order valence-electron chi connectivity index (χ3n) is 3.24. The SMILES string of the molecule is CC(C)=C(C(=O)C(N)=O)c1c(C)cccc1OC(C(N)=O)C(F)(F)F. The number of carbonyl (C=O) groups excluding carboxylic acids is 3. The predicted octanol–water partition coefficient (Wildman–Crippen LogP) is 1.64. The van der Waals surface area contributed by atoms with Gasteiger partial charge in [0.25, 0.3) is 23.7 Å². The molecule has 0 saturated carbocycles. The number of ketones is 1. The van der Waals surface area contributed by atoms with Gasteiger partial charge in [-0.15, -0.1) is 0 Å². The Balaban J connectivity index is 3.59. The van der Waals surface area contributed by atoms with Crippen LogP contribution in [0.3, 0.4) is 0 Å². The van der Waals surface area contributed by atoms with Crippen molar-refractivity contribution in [2.45, 2.75) is 33.1 Å². The van der Waals surface area contributed by atoms with E-state index in [4.69, 9.17) is 16.2 Å². The van der Waals surface area contributed by atoms with Crippen molar-refractivity contribution < 1.29 is 32.3 Å². The van der Waals surface area contributed by atoms with E-state index in [1.165, 1.54) is 32.9 Å². The number of Topliss-reactive ketones (excluding diaryl/α,β-unsaturated/α-hetero) is 1. The lowest BCUT2D eigenvalue weighted by molar-refractivity contribution is -0.196. The van der Waals surface area contributed by atoms with E-state index in [1.54, 1.807) is 0 Å². The number of nitrogens with two attached hydrogens (primary N) is 2. The van der Waals surface area contributed by atoms with Crippen molar-refractivity contribution in [2.24, 2.45) is 11.5 Å². The van der Waals surface area contributed by atoms with Crippen molar-refractivity contribution in [3.63, 3.8) is 0 Å². The van der Waals surface area contributed by atoms with Crippen LogP contribution in [-0.4, -0.2) is 29.9 Å². The second kappa shape index (κ2) is 7.37. The summed E-state index contributed by atoms with van der Waals surface area (Å²) in [6.07, 6.45) is -7.96. The van der Waals surface area contributed by atoms with Crippen LogP contribution in [0.25, 0.3) is 5.57 Å². The molecule has 1 rings (SSSR count). The lowest BCUT2D eigenvalue weighted by Crippen LogP contribution is -2.45. The average molecular weight is 358 g/mol. The van der Waals surface area contributed by atoms with Gasteiger partial charge in [-0.1, -0.05) is 17.7 Å². The maximum absolute atomic E-state index is 13.0. The van der Waals surface area contributed by atoms with E-state index in [9.17, 15) is 27.6 Å². The molecule has 0 aliphatic rings. The molecule has 9 heteroatoms. The first-order chi connectivity index (χ1) is 11.4. The minimum absolute atomic E-state index is 0.0539. The normalized spacial score (nSPS) is 12.2. The summed E-state index contributed by atoms with van der Waals surface area (Å²) in [6.45, 7) is 4.48. The molecule has 0 spiro atoms. The fourth-order valence-corrected chi connectivity index (χ4v) is 2.19. The summed E-state index contributed by atoms with van der Waals surface area (Å²) < 4.78 is 43.6. The maximum Gasteiger partial charge on any atom is 0.434 e. The highest BCUT2D eigenvalue weighted by Gasteiger charge is 2.46. The van der Waals surface area contributed by atoms with E-state index in [2.05, 4.69) is 0 Å². The molecule has 1 aromatic carbocycles. The number of alkyl halides is 3. The van der Waals surface area contributed by atoms with Gasteiger partial charge in [-0.05, 0) is 32.4 Å². The highest BCUT2D eigenvalue weighted by atomic mass is 19.4. The number of hydrogen-bond acceptors (Lipinski definition) is 4. The van der Waals surface area contributed by atoms with E-state index in [0.717, 1.165) is 6.07 Å². The fraction of sp³-hybridized carbons (Fsp3) is 0.312. The number of halogens is 3. The summed E-state index contributed by atoms with van der Waals surface area (Å²) in [5.74, 6) is -4.50. The van der Waals surface area contributed by atoms with Gasteiger partial charge in [-0.2, -0.15) is 13.2 Å². The third-order valence-corrected chi connectivity index (χ3v) is 3.24. The molecule has 2 amide bonds. The summed E-state index contributed by atoms with van der Waals surface area (Å²) >= 11 is 0. The lowest BCUT2D eigenvalue weighted by Gasteiger charge is -2.22. The first-order valence-corrected chi connectivity index (χ1v) is 7.02. The van der Waals surface area contributed by atoms with Gasteiger partial charge < -0.3 is 16.2 Å². The van der Waals surface area contributed by atoms with E-state index >= 15 is 0 Å². The summed E-state index contributed by atoms with van der Waals surface area (Å²) in [4.78, 5) is 34.5. The summed E-state index contributed by atoms with van der Waals surface area (Å²) in [5.41, 5.74) is 10.2. The zero-order chi connectivity index (χ0) is 19.5. The number of carbonyl (C=O) groups is 3. The van der Waals surface area contributed by atoms with Crippen molar-refractivity contribution in [1.82, 2.24) is 0 Å². The number of primary amides is 2. The molecule has 0 fully saturated rings. The molecule has 1 unspecified atom stereocenters. The third kappa shape index (κ3) is 4.59. The van der Waals surface area contributed by atoms with Crippen LogP contribution < -0.4 is 16.2 Å². The topological polar surface area (TPSA) is 112 Å². The van der Waals surface area contributed by atoms with Gasteiger partial charge in [0.15, 0.2) is 0 Å². The monoisotopic (exact) mass is 358 g/mol. The number of allylic oxidation sites excluding steroid dienone is 1. The van der Waals surface area contributed by atoms with Gasteiger partial charge >= 0.3 is 6.18 Å². The van der Waals surface area contributed by atoms with Crippen molar-refractivity contribution in [3.05, 3.63) is 34.9 Å². The minimum atomic E-state index is -5.05. The van der Waals surface area contributed by atoms with Crippen LogP contribution in [-0.2, 0) is 14.4 Å². The van der Waals surface area contributed by atoms with Gasteiger partial charge in [0.1, 0.15) is 5.75 Å². The van der Waals surface area contributed by atoms with Gasteiger partial charge in [-0.25, -0.2) is 0 Å². The number of benzene rings is 1. The second-order valence-corrected chi connectivity index (χ2v) is 5.46. The van der Waals surface area contributed by atoms with Gasteiger partial charge in [0.05, 0.1) is 0 Å². The Morgan fingerprint density at radius 1 is 1.12 bits per heavy atom. The molecule has 0 aliphatic carbocycles. The molecule has 0 bridgehead atoms. The fourth-order valence-electron chi connectivity index (χ4n) is 2.19. The van der Waals surface area contributed by atoms with Crippen LogP contribution in [0.2, 0.25) is 0 Å². The Morgan fingerprint density at radius 2 is 1.68 bits per heavy atom. The number of amides is 2. The molecule has 1 aromatic rings. The molecule has 0 aliphatic heterocycles. The van der Waals surface area contributed by atoms with Gasteiger partial charge in [0, 0.05) is 11.1 Å². The van der Waals surface area contributed by atoms with Crippen LogP contribution in [0.4, 0.5) is 13.2 Å². The number of aryl methyl sites for hydroxylation is 1. The van der Waals surface area contributed by atoms with Crippen molar-refractivity contribution in [1.29, 1.82) is 0 Å². The smallest absolute Gasteiger partial charge is 0.434 e. The zero-order valence-electron chi connectivity index (χ0n) is 13.7. The van der Waals surface area contributed by atoms with Crippen LogP contribution in [0.5, 0.6) is 5.75 Å². The maximum atomic E-state index is 13.0. The Kier molecular flexibility index (Phi) is 5.96. The van der Waals surface area contributed by atoms with Crippen LogP contribution in [0.15, 0.2) is 23.8 Å². The molecule has 0 saturated heterocycles. The number of hydrogen-bond donors (Lipinski definition) is 2. The molecule has 6 nitrogen and oxygen atoms in total. The Labute approximate surface area is 141 Å². The van der Waals surface area contributed by atoms with Gasteiger partial charge in [-0.3, -0.25) is 14.4 Å². The first kappa shape index (κ1) is 20.2. The van der Waals surface area contributed by atoms with Crippen LogP contribution in [0.1, 0.15) is 25.0 Å². The van der Waals surface area contributed by atoms with E-state index in [0.29, 0.717) is 11.1 Å². The van der Waals surface area contributed by atoms with Gasteiger partial charge in [0.2, 0.25) is 0 Å². The Hall–Kier alpha value is -2.84. The molecule has 136 valence electrons. The minimum Gasteiger partial charge on any atom is -0.470 e. The molecule has 25 heavy (non-hydrogen) atoms. The Bertz CT molecular complexity index is 750. The summed E-state index contributed by atoms with van der Waals surface area (Å²) in [6, 6.07) is 4.02. The number of ether oxygens (including phenoxy) is 1. The highest BCUT2D eigenvalue weighted by molar-refractivity contribution is 6.53. The van der Waals surface area contributed by atoms with E-state index < -0.39 is 35.6 Å². The van der Waals surface area contributed by atoms with E-state index in [-0.39, 0.29) is 11.1 Å². The Morgan fingerprint density at radius 3 is 2.08 bits per heavy atom. The summed E-state index contributed by atoms with van der Waals surface area (Å²) in [5, 5.41) is 0. The molecule has 0 heterocycles. The largest absolute Gasteiger partial charge is 0.470 e. The zero-order valence-corrected chi connectivity index (χ0v) is 13.7. The molecule has 0 aromatic heterocycles.